The number of nitrogens with zero attached hydrogens (tertiary/aromatic N) is 2. The largest absolute Gasteiger partial charge is 0.356 e. The Morgan fingerprint density at radius 3 is 2.83 bits per heavy atom. The summed E-state index contributed by atoms with van der Waals surface area (Å²) in [5.74, 6) is 1.03. The number of rotatable bonds is 5. The van der Waals surface area contributed by atoms with Crippen LogP contribution >= 0.6 is 11.3 Å². The van der Waals surface area contributed by atoms with E-state index in [0.717, 1.165) is 4.88 Å². The highest BCUT2D eigenvalue weighted by Crippen LogP contribution is 2.22. The van der Waals surface area contributed by atoms with Crippen molar-refractivity contribution in [3.63, 3.8) is 0 Å². The molecule has 0 aliphatic carbocycles. The number of amides is 1. The fraction of sp³-hybridized carbons (Fsp3) is 0.375. The minimum atomic E-state index is -2.92. The van der Waals surface area contributed by atoms with Crippen LogP contribution in [-0.2, 0) is 21.1 Å². The molecule has 3 heterocycles. The summed E-state index contributed by atoms with van der Waals surface area (Å²) in [6.45, 7) is 0. The Morgan fingerprint density at radius 1 is 1.42 bits per heavy atom. The standard InChI is InChI=1S/C16H19N3O3S2/c1-19(13-6-8-24(21,22)11-13)15-5-4-12(10-17-15)18-16(20)9-14-3-2-7-23-14/h2-5,7,10,13H,6,8-9,11H2,1H3,(H,18,20). The van der Waals surface area contributed by atoms with Crippen molar-refractivity contribution in [2.45, 2.75) is 18.9 Å². The molecule has 8 heteroatoms. The monoisotopic (exact) mass is 365 g/mol. The Kier molecular flexibility index (Phi) is 4.86. The summed E-state index contributed by atoms with van der Waals surface area (Å²) < 4.78 is 23.2. The molecule has 2 aromatic heterocycles. The van der Waals surface area contributed by atoms with Crippen LogP contribution in [0.3, 0.4) is 0 Å². The zero-order valence-corrected chi connectivity index (χ0v) is 14.9. The highest BCUT2D eigenvalue weighted by atomic mass is 32.2. The molecule has 1 unspecified atom stereocenters. The van der Waals surface area contributed by atoms with E-state index in [1.54, 1.807) is 29.7 Å². The van der Waals surface area contributed by atoms with E-state index in [-0.39, 0.29) is 23.5 Å². The number of aromatic nitrogens is 1. The van der Waals surface area contributed by atoms with Gasteiger partial charge in [0.1, 0.15) is 5.82 Å². The first-order valence-corrected chi connectivity index (χ1v) is 10.3. The van der Waals surface area contributed by atoms with Crippen molar-refractivity contribution in [1.82, 2.24) is 4.98 Å². The maximum absolute atomic E-state index is 12.0. The van der Waals surface area contributed by atoms with Crippen molar-refractivity contribution in [3.8, 4) is 0 Å². The summed E-state index contributed by atoms with van der Waals surface area (Å²) in [6, 6.07) is 7.39. The maximum Gasteiger partial charge on any atom is 0.229 e. The summed E-state index contributed by atoms with van der Waals surface area (Å²) in [4.78, 5) is 19.2. The minimum absolute atomic E-state index is 0.0400. The first kappa shape index (κ1) is 16.9. The highest BCUT2D eigenvalue weighted by Gasteiger charge is 2.31. The third kappa shape index (κ3) is 4.12. The molecule has 0 saturated carbocycles. The second kappa shape index (κ2) is 6.90. The lowest BCUT2D eigenvalue weighted by atomic mass is 10.2. The summed E-state index contributed by atoms with van der Waals surface area (Å²) in [6.07, 6.45) is 2.57. The quantitative estimate of drug-likeness (QED) is 0.876. The first-order valence-electron chi connectivity index (χ1n) is 7.64. The first-order chi connectivity index (χ1) is 11.4. The fourth-order valence-electron chi connectivity index (χ4n) is 2.71. The smallest absolute Gasteiger partial charge is 0.229 e. The number of anilines is 2. The molecule has 3 rings (SSSR count). The predicted octanol–water partition coefficient (Wildman–Crippen LogP) is 1.95. The van der Waals surface area contributed by atoms with Gasteiger partial charge in [-0.1, -0.05) is 6.07 Å². The van der Waals surface area contributed by atoms with Crippen LogP contribution in [0, 0.1) is 0 Å². The van der Waals surface area contributed by atoms with Crippen LogP contribution in [0.4, 0.5) is 11.5 Å². The Bertz CT molecular complexity index is 802. The van der Waals surface area contributed by atoms with Gasteiger partial charge in [0.25, 0.3) is 0 Å². The number of pyridine rings is 1. The molecule has 0 spiro atoms. The average molecular weight is 365 g/mol. The Labute approximate surface area is 145 Å². The number of hydrogen-bond donors (Lipinski definition) is 1. The average Bonchev–Trinajstić information content (AvgIpc) is 3.16. The Hall–Kier alpha value is -1.93. The molecule has 2 aromatic rings. The zero-order chi connectivity index (χ0) is 17.2. The molecule has 1 N–H and O–H groups in total. The van der Waals surface area contributed by atoms with Gasteiger partial charge in [-0.05, 0) is 30.0 Å². The van der Waals surface area contributed by atoms with Gasteiger partial charge in [-0.25, -0.2) is 13.4 Å². The molecule has 1 amide bonds. The van der Waals surface area contributed by atoms with E-state index in [4.69, 9.17) is 0 Å². The van der Waals surface area contributed by atoms with E-state index in [1.165, 1.54) is 0 Å². The molecule has 1 atom stereocenters. The lowest BCUT2D eigenvalue weighted by Gasteiger charge is -2.24. The van der Waals surface area contributed by atoms with Crippen LogP contribution in [0.1, 0.15) is 11.3 Å². The molecule has 0 aromatic carbocycles. The maximum atomic E-state index is 12.0. The number of hydrogen-bond acceptors (Lipinski definition) is 6. The molecule has 1 aliphatic heterocycles. The second-order valence-electron chi connectivity index (χ2n) is 5.88. The molecule has 128 valence electrons. The van der Waals surface area contributed by atoms with Gasteiger partial charge in [-0.15, -0.1) is 11.3 Å². The number of thiophene rings is 1. The van der Waals surface area contributed by atoms with Gasteiger partial charge in [-0.3, -0.25) is 4.79 Å². The summed E-state index contributed by atoms with van der Waals surface area (Å²) in [7, 11) is -1.07. The number of nitrogens with one attached hydrogen (secondary N) is 1. The van der Waals surface area contributed by atoms with Crippen molar-refractivity contribution >= 4 is 38.6 Å². The van der Waals surface area contributed by atoms with Crippen LogP contribution in [0.2, 0.25) is 0 Å². The van der Waals surface area contributed by atoms with Gasteiger partial charge in [-0.2, -0.15) is 0 Å². The van der Waals surface area contributed by atoms with Crippen molar-refractivity contribution in [2.75, 3.05) is 28.8 Å². The van der Waals surface area contributed by atoms with E-state index in [2.05, 4.69) is 10.3 Å². The molecule has 1 aliphatic rings. The van der Waals surface area contributed by atoms with E-state index in [9.17, 15) is 13.2 Å². The van der Waals surface area contributed by atoms with Crippen molar-refractivity contribution in [3.05, 3.63) is 40.7 Å². The zero-order valence-electron chi connectivity index (χ0n) is 13.3. The third-order valence-corrected chi connectivity index (χ3v) is 6.69. The molecular formula is C16H19N3O3S2. The molecular weight excluding hydrogens is 346 g/mol. The molecule has 24 heavy (non-hydrogen) atoms. The summed E-state index contributed by atoms with van der Waals surface area (Å²) >= 11 is 1.55. The van der Waals surface area contributed by atoms with Crippen molar-refractivity contribution in [1.29, 1.82) is 0 Å². The number of carbonyl (C=O) groups is 1. The van der Waals surface area contributed by atoms with Gasteiger partial charge < -0.3 is 10.2 Å². The van der Waals surface area contributed by atoms with Gasteiger partial charge in [0.15, 0.2) is 9.84 Å². The Morgan fingerprint density at radius 2 is 2.25 bits per heavy atom. The van der Waals surface area contributed by atoms with Gasteiger partial charge in [0.05, 0.1) is 29.8 Å². The van der Waals surface area contributed by atoms with Crippen LogP contribution in [0.5, 0.6) is 0 Å². The van der Waals surface area contributed by atoms with Gasteiger partial charge in [0, 0.05) is 18.0 Å². The van der Waals surface area contributed by atoms with Crippen molar-refractivity contribution in [2.24, 2.45) is 0 Å². The second-order valence-corrected chi connectivity index (χ2v) is 9.14. The van der Waals surface area contributed by atoms with Crippen molar-refractivity contribution < 1.29 is 13.2 Å². The SMILES string of the molecule is CN(c1ccc(NC(=O)Cc2cccs2)cn1)C1CCS(=O)(=O)C1. The predicted molar refractivity (Wildman–Crippen MR) is 96.4 cm³/mol. The number of sulfone groups is 1. The van der Waals surface area contributed by atoms with Crippen LogP contribution in [-0.4, -0.2) is 43.9 Å². The molecule has 0 bridgehead atoms. The van der Waals surface area contributed by atoms with E-state index >= 15 is 0 Å². The lowest BCUT2D eigenvalue weighted by molar-refractivity contribution is -0.115. The number of carbonyl (C=O) groups excluding carboxylic acids is 1. The molecule has 0 radical (unpaired) electrons. The minimum Gasteiger partial charge on any atom is -0.356 e. The fourth-order valence-corrected chi connectivity index (χ4v) is 5.19. The van der Waals surface area contributed by atoms with Crippen LogP contribution < -0.4 is 10.2 Å². The summed E-state index contributed by atoms with van der Waals surface area (Å²) in [5, 5.41) is 4.76. The van der Waals surface area contributed by atoms with E-state index in [1.807, 2.05) is 29.5 Å². The molecule has 1 fully saturated rings. The normalized spacial score (nSPS) is 19.1. The molecule has 6 nitrogen and oxygen atoms in total. The van der Waals surface area contributed by atoms with Gasteiger partial charge >= 0.3 is 0 Å². The Balaban J connectivity index is 1.60. The summed E-state index contributed by atoms with van der Waals surface area (Å²) in [5.41, 5.74) is 0.632. The topological polar surface area (TPSA) is 79.4 Å². The molecule has 1 saturated heterocycles. The van der Waals surface area contributed by atoms with Crippen LogP contribution in [0.25, 0.3) is 0 Å². The highest BCUT2D eigenvalue weighted by molar-refractivity contribution is 7.91. The van der Waals surface area contributed by atoms with Crippen LogP contribution in [0.15, 0.2) is 35.8 Å². The van der Waals surface area contributed by atoms with Gasteiger partial charge in [0.2, 0.25) is 5.91 Å². The third-order valence-electron chi connectivity index (χ3n) is 4.06. The lowest BCUT2D eigenvalue weighted by Crippen LogP contribution is -2.33. The van der Waals surface area contributed by atoms with E-state index < -0.39 is 9.84 Å². The van der Waals surface area contributed by atoms with E-state index in [0.29, 0.717) is 24.3 Å².